The van der Waals surface area contributed by atoms with Crippen LogP contribution in [0.3, 0.4) is 0 Å². The van der Waals surface area contributed by atoms with Crippen molar-refractivity contribution in [1.82, 2.24) is 0 Å². The van der Waals surface area contributed by atoms with Crippen LogP contribution in [-0.4, -0.2) is 36.4 Å². The van der Waals surface area contributed by atoms with Crippen LogP contribution >= 0.6 is 11.8 Å². The van der Waals surface area contributed by atoms with Crippen molar-refractivity contribution in [2.75, 3.05) is 18.1 Å². The molecule has 0 bridgehead atoms. The third-order valence-electron chi connectivity index (χ3n) is 2.89. The maximum absolute atomic E-state index is 11.3. The monoisotopic (exact) mass is 234 g/mol. The van der Waals surface area contributed by atoms with Gasteiger partial charge in [-0.05, 0) is 19.3 Å². The topological polar surface area (TPSA) is 72.5 Å². The second kappa shape index (κ2) is 3.41. The van der Waals surface area contributed by atoms with Gasteiger partial charge in [-0.3, -0.25) is 4.99 Å². The maximum atomic E-state index is 11.3. The molecule has 0 amide bonds. The molecule has 0 radical (unpaired) electrons. The normalized spacial score (nSPS) is 29.9. The molecule has 14 heavy (non-hydrogen) atoms. The second-order valence-electron chi connectivity index (χ2n) is 3.91. The molecule has 0 aromatic carbocycles. The van der Waals surface area contributed by atoms with E-state index in [9.17, 15) is 8.42 Å². The number of amidine groups is 1. The lowest BCUT2D eigenvalue weighted by Gasteiger charge is -2.37. The predicted molar refractivity (Wildman–Crippen MR) is 59.3 cm³/mol. The Kier molecular flexibility index (Phi) is 2.51. The molecule has 6 heteroatoms. The summed E-state index contributed by atoms with van der Waals surface area (Å²) in [5, 5.41) is 0.621. The Morgan fingerprint density at radius 2 is 1.93 bits per heavy atom. The van der Waals surface area contributed by atoms with Gasteiger partial charge in [0.05, 0.1) is 11.5 Å². The Morgan fingerprint density at radius 3 is 2.50 bits per heavy atom. The zero-order valence-electron chi connectivity index (χ0n) is 7.90. The molecular formula is C8H14N2O2S2. The zero-order chi connectivity index (χ0) is 10.2. The van der Waals surface area contributed by atoms with E-state index in [1.807, 2.05) is 0 Å². The fraction of sp³-hybridized carbons (Fsp3) is 0.875. The molecule has 0 aliphatic carbocycles. The van der Waals surface area contributed by atoms with Crippen molar-refractivity contribution in [3.8, 4) is 0 Å². The quantitative estimate of drug-likeness (QED) is 0.658. The summed E-state index contributed by atoms with van der Waals surface area (Å²) in [5.74, 6) is 0.626. The summed E-state index contributed by atoms with van der Waals surface area (Å²) in [4.78, 5) is 4.12. The van der Waals surface area contributed by atoms with E-state index in [2.05, 4.69) is 4.99 Å². The SMILES string of the molecule is NC1=NCCC2(CCS(=O)(=O)CC2)S1. The zero-order valence-corrected chi connectivity index (χ0v) is 9.53. The average Bonchev–Trinajstić information content (AvgIpc) is 2.12. The number of hydrogen-bond donors (Lipinski definition) is 1. The van der Waals surface area contributed by atoms with Crippen LogP contribution in [0.1, 0.15) is 19.3 Å². The summed E-state index contributed by atoms with van der Waals surface area (Å²) in [6, 6.07) is 0. The molecule has 80 valence electrons. The summed E-state index contributed by atoms with van der Waals surface area (Å²) in [5.41, 5.74) is 5.67. The van der Waals surface area contributed by atoms with Crippen molar-refractivity contribution >= 4 is 26.8 Å². The van der Waals surface area contributed by atoms with Gasteiger partial charge in [-0.15, -0.1) is 0 Å². The number of rotatable bonds is 0. The van der Waals surface area contributed by atoms with E-state index in [-0.39, 0.29) is 4.75 Å². The highest BCUT2D eigenvalue weighted by Gasteiger charge is 2.39. The van der Waals surface area contributed by atoms with Crippen LogP contribution in [-0.2, 0) is 9.84 Å². The summed E-state index contributed by atoms with van der Waals surface area (Å²) in [6.07, 6.45) is 2.43. The first-order valence-electron chi connectivity index (χ1n) is 4.71. The van der Waals surface area contributed by atoms with Crippen LogP contribution in [0.4, 0.5) is 0 Å². The lowest BCUT2D eigenvalue weighted by atomic mass is 9.97. The molecule has 2 N–H and O–H groups in total. The number of hydrogen-bond acceptors (Lipinski definition) is 5. The highest BCUT2D eigenvalue weighted by Crippen LogP contribution is 2.41. The third-order valence-corrected chi connectivity index (χ3v) is 5.93. The van der Waals surface area contributed by atoms with Crippen LogP contribution in [0.2, 0.25) is 0 Å². The van der Waals surface area contributed by atoms with Crippen LogP contribution < -0.4 is 5.73 Å². The molecule has 0 unspecified atom stereocenters. The predicted octanol–water partition coefficient (Wildman–Crippen LogP) is 0.385. The summed E-state index contributed by atoms with van der Waals surface area (Å²) >= 11 is 1.57. The van der Waals surface area contributed by atoms with Gasteiger partial charge in [0.15, 0.2) is 5.17 Å². The number of aliphatic imine (C=N–C) groups is 1. The maximum Gasteiger partial charge on any atom is 0.154 e. The largest absolute Gasteiger partial charge is 0.379 e. The smallest absolute Gasteiger partial charge is 0.154 e. The lowest BCUT2D eigenvalue weighted by molar-refractivity contribution is 0.483. The molecule has 2 rings (SSSR count). The van der Waals surface area contributed by atoms with Gasteiger partial charge in [-0.25, -0.2) is 8.42 Å². The van der Waals surface area contributed by atoms with Crippen molar-refractivity contribution in [3.05, 3.63) is 0 Å². The van der Waals surface area contributed by atoms with Crippen molar-refractivity contribution < 1.29 is 8.42 Å². The van der Waals surface area contributed by atoms with E-state index < -0.39 is 9.84 Å². The first-order valence-corrected chi connectivity index (χ1v) is 7.35. The standard InChI is InChI=1S/C8H14N2O2S2/c9-7-10-4-1-8(13-7)2-5-14(11,12)6-3-8/h1-6H2,(H2,9,10). The Hall–Kier alpha value is -0.230. The van der Waals surface area contributed by atoms with Gasteiger partial charge in [-0.2, -0.15) is 0 Å². The molecule has 1 spiro atoms. The van der Waals surface area contributed by atoms with Gasteiger partial charge in [-0.1, -0.05) is 11.8 Å². The van der Waals surface area contributed by atoms with E-state index in [0.717, 1.165) is 25.8 Å². The molecule has 2 aliphatic heterocycles. The van der Waals surface area contributed by atoms with E-state index in [1.54, 1.807) is 11.8 Å². The van der Waals surface area contributed by atoms with E-state index >= 15 is 0 Å². The first kappa shape index (κ1) is 10.3. The van der Waals surface area contributed by atoms with E-state index in [4.69, 9.17) is 5.73 Å². The molecule has 0 aromatic rings. The molecule has 4 nitrogen and oxygen atoms in total. The molecule has 0 atom stereocenters. The van der Waals surface area contributed by atoms with Crippen molar-refractivity contribution in [2.24, 2.45) is 10.7 Å². The molecule has 1 fully saturated rings. The van der Waals surface area contributed by atoms with Gasteiger partial charge in [0.25, 0.3) is 0 Å². The Balaban J connectivity index is 2.10. The van der Waals surface area contributed by atoms with Gasteiger partial charge >= 0.3 is 0 Å². The van der Waals surface area contributed by atoms with Crippen molar-refractivity contribution in [3.63, 3.8) is 0 Å². The fourth-order valence-corrected chi connectivity index (χ4v) is 5.00. The van der Waals surface area contributed by atoms with Crippen LogP contribution in [0.5, 0.6) is 0 Å². The van der Waals surface area contributed by atoms with Crippen LogP contribution in [0, 0.1) is 0 Å². The molecule has 0 aromatic heterocycles. The Bertz CT molecular complexity index is 348. The van der Waals surface area contributed by atoms with Gasteiger partial charge in [0.1, 0.15) is 9.84 Å². The van der Waals surface area contributed by atoms with Gasteiger partial charge in [0, 0.05) is 11.3 Å². The molecule has 0 saturated carbocycles. The lowest BCUT2D eigenvalue weighted by Crippen LogP contribution is -2.41. The minimum absolute atomic E-state index is 0.0666. The molecular weight excluding hydrogens is 220 g/mol. The molecule has 1 saturated heterocycles. The number of thioether (sulfide) groups is 1. The van der Waals surface area contributed by atoms with E-state index in [0.29, 0.717) is 16.7 Å². The molecule has 2 aliphatic rings. The summed E-state index contributed by atoms with van der Waals surface area (Å²) in [7, 11) is -2.77. The number of nitrogens with zero attached hydrogens (tertiary/aromatic N) is 1. The van der Waals surface area contributed by atoms with Crippen LogP contribution in [0.15, 0.2) is 4.99 Å². The van der Waals surface area contributed by atoms with Gasteiger partial charge in [0.2, 0.25) is 0 Å². The third kappa shape index (κ3) is 2.06. The molecule has 2 heterocycles. The first-order chi connectivity index (χ1) is 6.52. The van der Waals surface area contributed by atoms with Crippen LogP contribution in [0.25, 0.3) is 0 Å². The van der Waals surface area contributed by atoms with Crippen molar-refractivity contribution in [2.45, 2.75) is 24.0 Å². The minimum Gasteiger partial charge on any atom is -0.379 e. The fourth-order valence-electron chi connectivity index (χ4n) is 1.94. The average molecular weight is 234 g/mol. The number of nitrogens with two attached hydrogens (primary N) is 1. The summed E-state index contributed by atoms with van der Waals surface area (Å²) in [6.45, 7) is 0.749. The van der Waals surface area contributed by atoms with Gasteiger partial charge < -0.3 is 5.73 Å². The summed E-state index contributed by atoms with van der Waals surface area (Å²) < 4.78 is 22.6. The Labute approximate surface area is 88.3 Å². The Morgan fingerprint density at radius 1 is 1.29 bits per heavy atom. The second-order valence-corrected chi connectivity index (χ2v) is 7.70. The number of sulfone groups is 1. The van der Waals surface area contributed by atoms with E-state index in [1.165, 1.54) is 0 Å². The van der Waals surface area contributed by atoms with Crippen molar-refractivity contribution in [1.29, 1.82) is 0 Å². The highest BCUT2D eigenvalue weighted by molar-refractivity contribution is 8.15. The minimum atomic E-state index is -2.77. The highest BCUT2D eigenvalue weighted by atomic mass is 32.2.